The smallest absolute Gasteiger partial charge is 0.162 e. The van der Waals surface area contributed by atoms with E-state index < -0.39 is 0 Å². The van der Waals surface area contributed by atoms with Crippen molar-refractivity contribution in [1.82, 2.24) is 19.6 Å². The van der Waals surface area contributed by atoms with Crippen molar-refractivity contribution in [2.24, 2.45) is 5.73 Å². The standard InChI is InChI=1S/C21H21FN6/c1-13-8-17-16(2-5-24-20(17)9-19(13)22)18-11-26-28-12-15(10-25-21(18)28)27-6-3-14(23)4-7-27/h2,5,8-12,14H,3-4,6-7,23H2,1H3. The summed E-state index contributed by atoms with van der Waals surface area (Å²) >= 11 is 0. The summed E-state index contributed by atoms with van der Waals surface area (Å²) in [5, 5.41) is 5.42. The first-order chi connectivity index (χ1) is 13.6. The quantitative estimate of drug-likeness (QED) is 0.581. The molecule has 0 bridgehead atoms. The average molecular weight is 376 g/mol. The van der Waals surface area contributed by atoms with Gasteiger partial charge < -0.3 is 10.6 Å². The van der Waals surface area contributed by atoms with Crippen LogP contribution in [-0.4, -0.2) is 38.7 Å². The first-order valence-corrected chi connectivity index (χ1v) is 9.49. The molecular formula is C21H21FN6. The Kier molecular flexibility index (Phi) is 3.98. The van der Waals surface area contributed by atoms with Crippen LogP contribution in [0.2, 0.25) is 0 Å². The van der Waals surface area contributed by atoms with Crippen molar-refractivity contribution in [2.75, 3.05) is 18.0 Å². The maximum Gasteiger partial charge on any atom is 0.162 e. The van der Waals surface area contributed by atoms with E-state index >= 15 is 0 Å². The number of halogens is 1. The number of aromatic nitrogens is 4. The maximum absolute atomic E-state index is 13.9. The zero-order valence-electron chi connectivity index (χ0n) is 15.6. The van der Waals surface area contributed by atoms with Crippen molar-refractivity contribution < 1.29 is 4.39 Å². The third kappa shape index (κ3) is 2.79. The highest BCUT2D eigenvalue weighted by molar-refractivity contribution is 5.98. The number of hydrogen-bond acceptors (Lipinski definition) is 5. The molecule has 1 saturated heterocycles. The number of nitrogens with two attached hydrogens (primary N) is 1. The van der Waals surface area contributed by atoms with Gasteiger partial charge in [-0.2, -0.15) is 5.10 Å². The van der Waals surface area contributed by atoms with Crippen molar-refractivity contribution in [3.63, 3.8) is 0 Å². The highest BCUT2D eigenvalue weighted by Gasteiger charge is 2.18. The van der Waals surface area contributed by atoms with Crippen molar-refractivity contribution in [3.8, 4) is 11.1 Å². The monoisotopic (exact) mass is 376 g/mol. The molecule has 7 heteroatoms. The van der Waals surface area contributed by atoms with Crippen LogP contribution >= 0.6 is 0 Å². The number of aryl methyl sites for hydroxylation is 1. The third-order valence-corrected chi connectivity index (χ3v) is 5.56. The van der Waals surface area contributed by atoms with Gasteiger partial charge in [0.2, 0.25) is 0 Å². The van der Waals surface area contributed by atoms with Crippen LogP contribution in [0.25, 0.3) is 27.7 Å². The van der Waals surface area contributed by atoms with E-state index in [-0.39, 0.29) is 11.9 Å². The van der Waals surface area contributed by atoms with Crippen molar-refractivity contribution in [3.05, 3.63) is 54.4 Å². The molecule has 4 heterocycles. The van der Waals surface area contributed by atoms with Crippen LogP contribution in [0.1, 0.15) is 18.4 Å². The fourth-order valence-corrected chi connectivity index (χ4v) is 3.89. The Hall–Kier alpha value is -3.06. The number of nitrogens with zero attached hydrogens (tertiary/aromatic N) is 5. The van der Waals surface area contributed by atoms with E-state index in [0.717, 1.165) is 53.8 Å². The van der Waals surface area contributed by atoms with Gasteiger partial charge in [-0.05, 0) is 43.0 Å². The van der Waals surface area contributed by atoms with Gasteiger partial charge in [-0.1, -0.05) is 0 Å². The summed E-state index contributed by atoms with van der Waals surface area (Å²) in [6, 6.07) is 5.53. The van der Waals surface area contributed by atoms with Gasteiger partial charge in [0.15, 0.2) is 5.65 Å². The summed E-state index contributed by atoms with van der Waals surface area (Å²) in [4.78, 5) is 11.3. The molecule has 0 aliphatic carbocycles. The van der Waals surface area contributed by atoms with E-state index in [1.54, 1.807) is 13.1 Å². The summed E-state index contributed by atoms with van der Waals surface area (Å²) in [5.74, 6) is -0.249. The molecule has 0 unspecified atom stereocenters. The highest BCUT2D eigenvalue weighted by atomic mass is 19.1. The number of pyridine rings is 1. The minimum absolute atomic E-state index is 0.249. The second kappa shape index (κ2) is 6.53. The topological polar surface area (TPSA) is 72.3 Å². The van der Waals surface area contributed by atoms with Gasteiger partial charge in [-0.15, -0.1) is 0 Å². The molecule has 1 aromatic carbocycles. The molecule has 0 radical (unpaired) electrons. The van der Waals surface area contributed by atoms with Gasteiger partial charge in [0.25, 0.3) is 0 Å². The Morgan fingerprint density at radius 2 is 1.93 bits per heavy atom. The second-order valence-electron chi connectivity index (χ2n) is 7.44. The number of anilines is 1. The Labute approximate surface area is 161 Å². The van der Waals surface area contributed by atoms with E-state index in [1.165, 1.54) is 6.07 Å². The molecule has 0 spiro atoms. The molecular weight excluding hydrogens is 355 g/mol. The lowest BCUT2D eigenvalue weighted by molar-refractivity contribution is 0.500. The van der Waals surface area contributed by atoms with Crippen LogP contribution in [0.15, 0.2) is 43.0 Å². The molecule has 1 fully saturated rings. The van der Waals surface area contributed by atoms with Gasteiger partial charge in [0.05, 0.1) is 29.8 Å². The number of piperidine rings is 1. The van der Waals surface area contributed by atoms with E-state index in [9.17, 15) is 4.39 Å². The van der Waals surface area contributed by atoms with Crippen molar-refractivity contribution in [2.45, 2.75) is 25.8 Å². The average Bonchev–Trinajstić information content (AvgIpc) is 3.12. The molecule has 28 heavy (non-hydrogen) atoms. The summed E-state index contributed by atoms with van der Waals surface area (Å²) in [6.07, 6.45) is 9.39. The first-order valence-electron chi connectivity index (χ1n) is 9.49. The van der Waals surface area contributed by atoms with Crippen LogP contribution in [0.4, 0.5) is 10.1 Å². The SMILES string of the molecule is Cc1cc2c(-c3cnn4cc(N5CCC(N)CC5)cnc34)ccnc2cc1F. The van der Waals surface area contributed by atoms with Gasteiger partial charge in [0.1, 0.15) is 5.82 Å². The van der Waals surface area contributed by atoms with Gasteiger partial charge >= 0.3 is 0 Å². The number of hydrogen-bond donors (Lipinski definition) is 1. The van der Waals surface area contributed by atoms with Crippen LogP contribution in [-0.2, 0) is 0 Å². The number of rotatable bonds is 2. The molecule has 1 aliphatic rings. The second-order valence-corrected chi connectivity index (χ2v) is 7.44. The number of benzene rings is 1. The Morgan fingerprint density at radius 1 is 1.11 bits per heavy atom. The van der Waals surface area contributed by atoms with E-state index in [4.69, 9.17) is 10.7 Å². The minimum Gasteiger partial charge on any atom is -0.369 e. The molecule has 142 valence electrons. The molecule has 0 atom stereocenters. The largest absolute Gasteiger partial charge is 0.369 e. The van der Waals surface area contributed by atoms with Crippen LogP contribution in [0.3, 0.4) is 0 Å². The molecule has 3 aromatic heterocycles. The maximum atomic E-state index is 13.9. The zero-order chi connectivity index (χ0) is 19.3. The predicted molar refractivity (Wildman–Crippen MR) is 108 cm³/mol. The molecule has 0 amide bonds. The summed E-state index contributed by atoms with van der Waals surface area (Å²) in [7, 11) is 0. The molecule has 2 N–H and O–H groups in total. The van der Waals surface area contributed by atoms with Gasteiger partial charge in [0, 0.05) is 42.3 Å². The van der Waals surface area contributed by atoms with Crippen molar-refractivity contribution >= 4 is 22.2 Å². The normalized spacial score (nSPS) is 15.6. The van der Waals surface area contributed by atoms with E-state index in [2.05, 4.69) is 15.0 Å². The third-order valence-electron chi connectivity index (χ3n) is 5.56. The lowest BCUT2D eigenvalue weighted by Gasteiger charge is -2.31. The first kappa shape index (κ1) is 17.1. The molecule has 1 aliphatic heterocycles. The van der Waals surface area contributed by atoms with E-state index in [1.807, 2.05) is 35.2 Å². The lowest BCUT2D eigenvalue weighted by Crippen LogP contribution is -2.39. The Bertz CT molecular complexity index is 1180. The molecule has 5 rings (SSSR count). The highest BCUT2D eigenvalue weighted by Crippen LogP contribution is 2.32. The van der Waals surface area contributed by atoms with Crippen LogP contribution in [0, 0.1) is 12.7 Å². The van der Waals surface area contributed by atoms with Crippen molar-refractivity contribution in [1.29, 1.82) is 0 Å². The fourth-order valence-electron chi connectivity index (χ4n) is 3.89. The fraction of sp³-hybridized carbons (Fsp3) is 0.286. The van der Waals surface area contributed by atoms with Gasteiger partial charge in [-0.3, -0.25) is 4.98 Å². The van der Waals surface area contributed by atoms with Crippen LogP contribution in [0.5, 0.6) is 0 Å². The van der Waals surface area contributed by atoms with Crippen LogP contribution < -0.4 is 10.6 Å². The lowest BCUT2D eigenvalue weighted by atomic mass is 10.0. The molecule has 6 nitrogen and oxygen atoms in total. The summed E-state index contributed by atoms with van der Waals surface area (Å²) in [5.41, 5.74) is 10.9. The summed E-state index contributed by atoms with van der Waals surface area (Å²) < 4.78 is 15.7. The minimum atomic E-state index is -0.249. The summed E-state index contributed by atoms with van der Waals surface area (Å²) in [6.45, 7) is 3.63. The van der Waals surface area contributed by atoms with Gasteiger partial charge in [-0.25, -0.2) is 13.9 Å². The number of fused-ring (bicyclic) bond motifs is 2. The molecule has 4 aromatic rings. The van der Waals surface area contributed by atoms with E-state index in [0.29, 0.717) is 11.1 Å². The Morgan fingerprint density at radius 3 is 2.75 bits per heavy atom. The Balaban J connectivity index is 1.59. The predicted octanol–water partition coefficient (Wildman–Crippen LogP) is 3.32. The zero-order valence-corrected chi connectivity index (χ0v) is 15.6. The molecule has 0 saturated carbocycles.